The number of nitrogen functional groups attached to an aromatic ring is 2. The molecule has 2 fully saturated rings. The maximum atomic E-state index is 16.0. The molecule has 0 radical (unpaired) electrons. The van der Waals surface area contributed by atoms with E-state index in [0.29, 0.717) is 0 Å². The maximum Gasteiger partial charge on any atom is 0.386 e. The van der Waals surface area contributed by atoms with Crippen LogP contribution in [0.25, 0.3) is 22.3 Å². The van der Waals surface area contributed by atoms with Crippen LogP contribution < -0.4 is 17.0 Å². The van der Waals surface area contributed by atoms with Crippen LogP contribution in [0.5, 0.6) is 0 Å². The van der Waals surface area contributed by atoms with Gasteiger partial charge in [-0.05, 0) is 0 Å². The van der Waals surface area contributed by atoms with Crippen molar-refractivity contribution in [2.45, 2.75) is 50.0 Å². The van der Waals surface area contributed by atoms with E-state index >= 15 is 4.39 Å². The van der Waals surface area contributed by atoms with Crippen LogP contribution in [0.1, 0.15) is 19.4 Å². The van der Waals surface area contributed by atoms with E-state index in [0.717, 1.165) is 6.33 Å². The minimum Gasteiger partial charge on any atom is -0.390 e. The first kappa shape index (κ1) is 33.2. The van der Waals surface area contributed by atoms with Gasteiger partial charge >= 0.3 is 13.6 Å². The van der Waals surface area contributed by atoms with Crippen LogP contribution in [0.4, 0.5) is 16.2 Å². The Kier molecular flexibility index (Phi) is 8.95. The molecule has 10 atom stereocenters. The number of aromatic nitrogens is 8. The van der Waals surface area contributed by atoms with Gasteiger partial charge in [-0.3, -0.25) is 32.5 Å². The fraction of sp³-hybridized carbons (Fsp3) is 0.524. The highest BCUT2D eigenvalue weighted by Crippen LogP contribution is 2.57. The van der Waals surface area contributed by atoms with E-state index in [2.05, 4.69) is 54.4 Å². The van der Waals surface area contributed by atoms with Crippen LogP contribution in [0.15, 0.2) is 23.8 Å². The van der Waals surface area contributed by atoms with Crippen LogP contribution in [0.2, 0.25) is 0 Å². The summed E-state index contributed by atoms with van der Waals surface area (Å²) in [4.78, 5) is 44.1. The zero-order valence-corrected chi connectivity index (χ0v) is 27.0. The van der Waals surface area contributed by atoms with Gasteiger partial charge in [0.15, 0.2) is 35.0 Å². The number of hydrogen-bond donors (Lipinski definition) is 7. The Morgan fingerprint density at radius 1 is 1.02 bits per heavy atom. The summed E-state index contributed by atoms with van der Waals surface area (Å²) in [5.74, 6) is -0.730. The molecule has 6 heterocycles. The van der Waals surface area contributed by atoms with Gasteiger partial charge in [0.2, 0.25) is 5.95 Å². The Labute approximate surface area is 267 Å². The fourth-order valence-corrected chi connectivity index (χ4v) is 7.26. The van der Waals surface area contributed by atoms with Crippen LogP contribution in [-0.4, -0.2) is 92.8 Å². The number of nitrogens with two attached hydrogens (primary N) is 2. The molecule has 0 amide bonds. The fourth-order valence-electron chi connectivity index (χ4n) is 5.23. The van der Waals surface area contributed by atoms with E-state index in [1.165, 1.54) is 21.8 Å². The average molecular weight is 725 g/mol. The summed E-state index contributed by atoms with van der Waals surface area (Å²) in [6, 6.07) is 0. The average Bonchev–Trinajstić information content (AvgIpc) is 3.73. The number of aromatic amines is 1. The molecule has 0 spiro atoms. The van der Waals surface area contributed by atoms with E-state index in [9.17, 15) is 23.9 Å². The van der Waals surface area contributed by atoms with Crippen molar-refractivity contribution in [3.05, 3.63) is 29.3 Å². The Balaban J connectivity index is 1.18. The lowest BCUT2D eigenvalue weighted by Crippen LogP contribution is -2.34. The monoisotopic (exact) mass is 724 g/mol. The highest BCUT2D eigenvalue weighted by Gasteiger charge is 2.51. The van der Waals surface area contributed by atoms with E-state index in [-0.39, 0.29) is 34.1 Å². The third kappa shape index (κ3) is 6.41. The van der Waals surface area contributed by atoms with Crippen LogP contribution in [0, 0.1) is 5.92 Å². The molecule has 0 aliphatic carbocycles. The van der Waals surface area contributed by atoms with E-state index in [4.69, 9.17) is 34.5 Å². The maximum absolute atomic E-state index is 16.0. The minimum absolute atomic E-state index is 0.000999. The molecule has 2 saturated heterocycles. The number of ether oxygens (including phenoxy) is 2. The number of hydrogen-bond acceptors (Lipinski definition) is 16. The minimum atomic E-state index is -4.46. The molecule has 3 unspecified atom stereocenters. The number of H-pyrrole nitrogens is 1. The van der Waals surface area contributed by atoms with Crippen molar-refractivity contribution in [1.29, 1.82) is 0 Å². The quantitative estimate of drug-likeness (QED) is 0.0877. The van der Waals surface area contributed by atoms with Gasteiger partial charge in [0.1, 0.15) is 36.4 Å². The van der Waals surface area contributed by atoms with E-state index < -0.39 is 81.3 Å². The largest absolute Gasteiger partial charge is 0.390 e. The number of nitrogens with zero attached hydrogens (tertiary/aromatic N) is 7. The molecular weight excluding hydrogens is 697 g/mol. The summed E-state index contributed by atoms with van der Waals surface area (Å²) in [5, 5.41) is 10.9. The van der Waals surface area contributed by atoms with Gasteiger partial charge in [-0.25, -0.2) is 33.5 Å². The number of halogens is 1. The number of aliphatic hydroxyl groups excluding tert-OH is 1. The second-order valence-corrected chi connectivity index (χ2v) is 16.0. The second-order valence-electron chi connectivity index (χ2n) is 10.4. The van der Waals surface area contributed by atoms with Gasteiger partial charge in [-0.15, -0.1) is 0 Å². The van der Waals surface area contributed by atoms with Crippen molar-refractivity contribution < 1.29 is 46.6 Å². The Bertz CT molecular complexity index is 1930. The number of alkyl halides is 1. The van der Waals surface area contributed by atoms with Gasteiger partial charge in [0, 0.05) is 5.92 Å². The second kappa shape index (κ2) is 12.4. The van der Waals surface area contributed by atoms with Gasteiger partial charge < -0.3 is 30.9 Å². The number of thiol groups is 2. The standard InChI is InChI=1S/C21H27FN10O10P2S2/c1-7-13(33)8(40-19(7)32-6-28-12-17(32)29-21(24)30-18(12)34)2-39-44(37,46)42-14-9(3-38-43(35,36)45)41-20(10(14)22)31-5-27-11-15(23)25-4-26-16(11)31/h4-10,13-14,19-20,33H,2-3H2,1H3,(H,37,46)(H2,23,25,26)(H2,35,36,45)(H3,24,29,30,34)/t7-,8?,9?,10-,13+,14-,19-,20-,44?/m1/s1. The van der Waals surface area contributed by atoms with Crippen molar-refractivity contribution >= 4 is 72.2 Å². The van der Waals surface area contributed by atoms with Crippen molar-refractivity contribution in [3.63, 3.8) is 0 Å². The van der Waals surface area contributed by atoms with Gasteiger partial charge in [0.05, 0.1) is 32.0 Å². The molecular formula is C21H27FN10O10P2S2. The van der Waals surface area contributed by atoms with Crippen molar-refractivity contribution in [3.8, 4) is 0 Å². The van der Waals surface area contributed by atoms with E-state index in [1.54, 1.807) is 6.92 Å². The summed E-state index contributed by atoms with van der Waals surface area (Å²) >= 11 is 7.43. The predicted octanol–water partition coefficient (Wildman–Crippen LogP) is 0.740. The Hall–Kier alpha value is -2.69. The van der Waals surface area contributed by atoms with Crippen LogP contribution in [-0.2, 0) is 32.2 Å². The molecule has 46 heavy (non-hydrogen) atoms. The molecule has 7 N–H and O–H groups in total. The van der Waals surface area contributed by atoms with Crippen LogP contribution in [0.3, 0.4) is 0 Å². The highest BCUT2D eigenvalue weighted by molar-refractivity contribution is 8.44. The summed E-state index contributed by atoms with van der Waals surface area (Å²) in [7, 11) is 0. The molecule has 4 aromatic rings. The topological polar surface area (TPSA) is 280 Å². The Morgan fingerprint density at radius 3 is 2.39 bits per heavy atom. The lowest BCUT2D eigenvalue weighted by Gasteiger charge is -2.24. The number of nitrogens with one attached hydrogen (secondary N) is 1. The number of imidazole rings is 2. The van der Waals surface area contributed by atoms with Crippen LogP contribution >= 0.6 is 38.1 Å². The third-order valence-electron chi connectivity index (χ3n) is 7.40. The van der Waals surface area contributed by atoms with Crippen molar-refractivity contribution in [1.82, 2.24) is 39.0 Å². The summed E-state index contributed by atoms with van der Waals surface area (Å²) in [5.41, 5.74) is 11.3. The number of fused-ring (bicyclic) bond motifs is 2. The molecule has 25 heteroatoms. The normalized spacial score (nSPS) is 31.0. The zero-order chi connectivity index (χ0) is 33.1. The molecule has 0 bridgehead atoms. The molecule has 6 rings (SSSR count). The predicted molar refractivity (Wildman–Crippen MR) is 162 cm³/mol. The SMILES string of the molecule is C[C@@H]1[C@H](O)C(COP(=O)(S)O[C@@H]2C(CO[P@@](=O)(O)S)O[C@@H](n3cnc4c(N)ncnc43)[C@@H]2F)O[C@H]1n1cnc2c(=O)[nH]c(N)nc21. The van der Waals surface area contributed by atoms with Gasteiger partial charge in [-0.2, -0.15) is 4.98 Å². The molecule has 250 valence electrons. The highest BCUT2D eigenvalue weighted by atomic mass is 32.7. The first-order valence-electron chi connectivity index (χ1n) is 13.3. The lowest BCUT2D eigenvalue weighted by molar-refractivity contribution is -0.0477. The first-order valence-corrected chi connectivity index (χ1v) is 18.7. The van der Waals surface area contributed by atoms with Gasteiger partial charge in [0.25, 0.3) is 5.56 Å². The first-order chi connectivity index (χ1) is 21.6. The molecule has 4 aromatic heterocycles. The van der Waals surface area contributed by atoms with E-state index in [1.807, 2.05) is 0 Å². The molecule has 20 nitrogen and oxygen atoms in total. The molecule has 0 saturated carbocycles. The number of rotatable bonds is 10. The number of aliphatic hydroxyl groups is 1. The number of anilines is 2. The molecule has 0 aromatic carbocycles. The van der Waals surface area contributed by atoms with Crippen molar-refractivity contribution in [2.75, 3.05) is 24.7 Å². The zero-order valence-electron chi connectivity index (χ0n) is 23.4. The summed E-state index contributed by atoms with van der Waals surface area (Å²) in [6.45, 7) is -8.40. The van der Waals surface area contributed by atoms with Crippen molar-refractivity contribution in [2.24, 2.45) is 5.92 Å². The summed E-state index contributed by atoms with van der Waals surface area (Å²) < 4.78 is 71.0. The Morgan fingerprint density at radius 2 is 1.67 bits per heavy atom. The van der Waals surface area contributed by atoms with Gasteiger partial charge in [-0.1, -0.05) is 31.4 Å². The third-order valence-corrected chi connectivity index (χ3v) is 9.85. The smallest absolute Gasteiger partial charge is 0.386 e. The lowest BCUT2D eigenvalue weighted by atomic mass is 10.0. The summed E-state index contributed by atoms with van der Waals surface area (Å²) in [6.07, 6.45) is -6.27. The molecule has 2 aliphatic heterocycles. The molecule has 2 aliphatic rings.